The Hall–Kier alpha value is -0.860. The van der Waals surface area contributed by atoms with Crippen LogP contribution >= 0.6 is 0 Å². The zero-order chi connectivity index (χ0) is 7.56. The summed E-state index contributed by atoms with van der Waals surface area (Å²) >= 11 is 0. The molecule has 0 atom stereocenters. The summed E-state index contributed by atoms with van der Waals surface area (Å²) in [6.45, 7) is 0. The summed E-state index contributed by atoms with van der Waals surface area (Å²) in [5, 5.41) is 0. The largest absolute Gasteiger partial charge is 0.369 e. The second-order valence-electron chi connectivity index (χ2n) is 2.83. The number of hydrogen-bond acceptors (Lipinski definition) is 2. The Morgan fingerprint density at radius 2 is 2.00 bits per heavy atom. The van der Waals surface area contributed by atoms with Crippen LogP contribution in [0.15, 0.2) is 0 Å². The van der Waals surface area contributed by atoms with E-state index in [0.29, 0.717) is 12.3 Å². The van der Waals surface area contributed by atoms with Crippen LogP contribution in [0.2, 0.25) is 0 Å². The van der Waals surface area contributed by atoms with Crippen molar-refractivity contribution in [1.82, 2.24) is 0 Å². The van der Waals surface area contributed by atoms with Crippen LogP contribution < -0.4 is 5.73 Å². The predicted octanol–water partition coefficient (Wildman–Crippen LogP) is 0.231. The summed E-state index contributed by atoms with van der Waals surface area (Å²) in [5.41, 5.74) is 4.83. The van der Waals surface area contributed by atoms with Gasteiger partial charge in [-0.3, -0.25) is 9.59 Å². The van der Waals surface area contributed by atoms with E-state index in [1.54, 1.807) is 0 Å². The molecule has 1 amide bonds. The van der Waals surface area contributed by atoms with Gasteiger partial charge in [-0.15, -0.1) is 0 Å². The molecule has 1 fully saturated rings. The van der Waals surface area contributed by atoms with Crippen molar-refractivity contribution >= 4 is 11.7 Å². The molecule has 0 aliphatic heterocycles. The highest BCUT2D eigenvalue weighted by Gasteiger charge is 2.24. The Morgan fingerprint density at radius 1 is 1.40 bits per heavy atom. The van der Waals surface area contributed by atoms with Gasteiger partial charge >= 0.3 is 0 Å². The molecule has 1 saturated carbocycles. The second kappa shape index (κ2) is 2.82. The third-order valence-corrected chi connectivity index (χ3v) is 1.58. The van der Waals surface area contributed by atoms with Crippen molar-refractivity contribution in [2.24, 2.45) is 11.7 Å². The zero-order valence-electron chi connectivity index (χ0n) is 5.80. The van der Waals surface area contributed by atoms with Crippen molar-refractivity contribution < 1.29 is 9.59 Å². The summed E-state index contributed by atoms with van der Waals surface area (Å²) in [4.78, 5) is 21.0. The van der Waals surface area contributed by atoms with Gasteiger partial charge in [0, 0.05) is 6.42 Å². The quantitative estimate of drug-likeness (QED) is 0.570. The van der Waals surface area contributed by atoms with E-state index in [1.807, 2.05) is 0 Å². The number of Topliss-reactive ketones (excluding diaryl/α,β-unsaturated/α-hetero) is 1. The fraction of sp³-hybridized carbons (Fsp3) is 0.714. The molecule has 1 rings (SSSR count). The van der Waals surface area contributed by atoms with Crippen molar-refractivity contribution in [1.29, 1.82) is 0 Å². The van der Waals surface area contributed by atoms with Gasteiger partial charge in [0.15, 0.2) is 0 Å². The van der Waals surface area contributed by atoms with E-state index in [1.165, 1.54) is 0 Å². The van der Waals surface area contributed by atoms with Crippen LogP contribution in [0.4, 0.5) is 0 Å². The van der Waals surface area contributed by atoms with Crippen molar-refractivity contribution in [3.63, 3.8) is 0 Å². The fourth-order valence-corrected chi connectivity index (χ4v) is 0.910. The van der Waals surface area contributed by atoms with Crippen LogP contribution in [0.3, 0.4) is 0 Å². The number of amides is 1. The lowest BCUT2D eigenvalue weighted by Crippen LogP contribution is -2.16. The summed E-state index contributed by atoms with van der Waals surface area (Å²) < 4.78 is 0. The summed E-state index contributed by atoms with van der Waals surface area (Å²) in [5.74, 6) is 0.0486. The molecule has 0 aromatic heterocycles. The average molecular weight is 141 g/mol. The molecule has 0 heterocycles. The minimum atomic E-state index is -0.509. The van der Waals surface area contributed by atoms with Gasteiger partial charge in [-0.05, 0) is 18.8 Å². The number of hydrogen-bond donors (Lipinski definition) is 1. The summed E-state index contributed by atoms with van der Waals surface area (Å²) in [6, 6.07) is 0. The van der Waals surface area contributed by atoms with Crippen LogP contribution in [-0.4, -0.2) is 11.7 Å². The standard InChI is InChI=1S/C7H11NO2/c8-7(10)4-6(9)3-5-1-2-5/h5H,1-4H2,(H2,8,10). The summed E-state index contributed by atoms with van der Waals surface area (Å²) in [7, 11) is 0. The number of ketones is 1. The lowest BCUT2D eigenvalue weighted by atomic mass is 10.1. The highest BCUT2D eigenvalue weighted by Crippen LogP contribution is 2.32. The van der Waals surface area contributed by atoms with Crippen LogP contribution in [0, 0.1) is 5.92 Å². The van der Waals surface area contributed by atoms with E-state index >= 15 is 0 Å². The molecule has 56 valence electrons. The maximum Gasteiger partial charge on any atom is 0.224 e. The van der Waals surface area contributed by atoms with Gasteiger partial charge in [0.05, 0.1) is 6.42 Å². The Balaban J connectivity index is 2.14. The molecule has 1 aliphatic rings. The molecule has 0 spiro atoms. The van der Waals surface area contributed by atoms with Crippen molar-refractivity contribution in [2.75, 3.05) is 0 Å². The number of carbonyl (C=O) groups is 2. The molecule has 0 aromatic rings. The molecule has 0 unspecified atom stereocenters. The van der Waals surface area contributed by atoms with E-state index in [4.69, 9.17) is 5.73 Å². The molecule has 0 bridgehead atoms. The molecule has 0 radical (unpaired) electrons. The van der Waals surface area contributed by atoms with Crippen LogP contribution in [-0.2, 0) is 9.59 Å². The molecule has 0 saturated heterocycles. The van der Waals surface area contributed by atoms with Crippen molar-refractivity contribution in [3.8, 4) is 0 Å². The number of rotatable bonds is 4. The topological polar surface area (TPSA) is 60.2 Å². The van der Waals surface area contributed by atoms with Gasteiger partial charge < -0.3 is 5.73 Å². The highest BCUT2D eigenvalue weighted by molar-refractivity contribution is 5.97. The summed E-state index contributed by atoms with van der Waals surface area (Å²) in [6.07, 6.45) is 2.77. The monoisotopic (exact) mass is 141 g/mol. The Labute approximate surface area is 59.6 Å². The third kappa shape index (κ3) is 2.62. The third-order valence-electron chi connectivity index (χ3n) is 1.58. The van der Waals surface area contributed by atoms with E-state index in [-0.39, 0.29) is 12.2 Å². The van der Waals surface area contributed by atoms with Crippen molar-refractivity contribution in [2.45, 2.75) is 25.7 Å². The molecule has 10 heavy (non-hydrogen) atoms. The Morgan fingerprint density at radius 3 is 2.40 bits per heavy atom. The van der Waals surface area contributed by atoms with Crippen LogP contribution in [0.1, 0.15) is 25.7 Å². The Kier molecular flexibility index (Phi) is 2.04. The minimum Gasteiger partial charge on any atom is -0.369 e. The molecule has 3 heteroatoms. The molecule has 3 nitrogen and oxygen atoms in total. The van der Waals surface area contributed by atoms with Gasteiger partial charge in [-0.2, -0.15) is 0 Å². The number of nitrogens with two attached hydrogens (primary N) is 1. The highest BCUT2D eigenvalue weighted by atomic mass is 16.2. The first-order valence-corrected chi connectivity index (χ1v) is 3.48. The normalized spacial score (nSPS) is 16.8. The van der Waals surface area contributed by atoms with Gasteiger partial charge in [0.2, 0.25) is 5.91 Å². The smallest absolute Gasteiger partial charge is 0.224 e. The molecular formula is C7H11NO2. The SMILES string of the molecule is NC(=O)CC(=O)CC1CC1. The molecule has 2 N–H and O–H groups in total. The maximum absolute atomic E-state index is 10.8. The van der Waals surface area contributed by atoms with Crippen molar-refractivity contribution in [3.05, 3.63) is 0 Å². The average Bonchev–Trinajstić information content (AvgIpc) is 2.46. The van der Waals surface area contributed by atoms with Crippen LogP contribution in [0.25, 0.3) is 0 Å². The lowest BCUT2D eigenvalue weighted by Gasteiger charge is -1.92. The molecular weight excluding hydrogens is 130 g/mol. The molecule has 1 aliphatic carbocycles. The van der Waals surface area contributed by atoms with Crippen LogP contribution in [0.5, 0.6) is 0 Å². The fourth-order valence-electron chi connectivity index (χ4n) is 0.910. The second-order valence-corrected chi connectivity index (χ2v) is 2.83. The van der Waals surface area contributed by atoms with Gasteiger partial charge in [-0.25, -0.2) is 0 Å². The predicted molar refractivity (Wildman–Crippen MR) is 36.2 cm³/mol. The number of carbonyl (C=O) groups excluding carboxylic acids is 2. The van der Waals surface area contributed by atoms with Gasteiger partial charge in [-0.1, -0.05) is 0 Å². The van der Waals surface area contributed by atoms with E-state index in [9.17, 15) is 9.59 Å². The van der Waals surface area contributed by atoms with E-state index in [0.717, 1.165) is 12.8 Å². The first-order chi connectivity index (χ1) is 4.68. The maximum atomic E-state index is 10.8. The lowest BCUT2D eigenvalue weighted by molar-refractivity contribution is -0.126. The first-order valence-electron chi connectivity index (χ1n) is 3.48. The number of primary amides is 1. The first kappa shape index (κ1) is 7.25. The minimum absolute atomic E-state index is 0.00463. The van der Waals surface area contributed by atoms with E-state index in [2.05, 4.69) is 0 Å². The molecule has 0 aromatic carbocycles. The van der Waals surface area contributed by atoms with Gasteiger partial charge in [0.1, 0.15) is 5.78 Å². The van der Waals surface area contributed by atoms with E-state index < -0.39 is 5.91 Å². The van der Waals surface area contributed by atoms with Gasteiger partial charge in [0.25, 0.3) is 0 Å². The zero-order valence-corrected chi connectivity index (χ0v) is 5.80. The Bertz CT molecular complexity index is 161.